The molecule has 0 fully saturated rings. The van der Waals surface area contributed by atoms with E-state index in [0.29, 0.717) is 17.4 Å². The largest absolute Gasteiger partial charge is 0.472 e. The first-order chi connectivity index (χ1) is 27.0. The summed E-state index contributed by atoms with van der Waals surface area (Å²) in [6, 6.07) is -0.878. The molecule has 0 radical (unpaired) electrons. The fourth-order valence-corrected chi connectivity index (χ4v) is 6.76. The van der Waals surface area contributed by atoms with Gasteiger partial charge in [0.25, 0.3) is 0 Å². The van der Waals surface area contributed by atoms with Crippen molar-refractivity contribution in [3.8, 4) is 0 Å². The Kier molecular flexibility index (Phi) is 37.5. The normalized spacial score (nSPS) is 14.9. The van der Waals surface area contributed by atoms with Gasteiger partial charge in [0, 0.05) is 6.42 Å². The van der Waals surface area contributed by atoms with Crippen molar-refractivity contribution in [1.82, 2.24) is 5.32 Å². The average molecular weight is 808 g/mol. The minimum absolute atomic E-state index is 0.0483. The van der Waals surface area contributed by atoms with Crippen LogP contribution in [0.1, 0.15) is 181 Å². The lowest BCUT2D eigenvalue weighted by Crippen LogP contribution is -2.45. The van der Waals surface area contributed by atoms with Gasteiger partial charge in [-0.3, -0.25) is 13.8 Å². The number of phosphoric ester groups is 1. The molecule has 0 saturated carbocycles. The smallest absolute Gasteiger partial charge is 0.387 e. The van der Waals surface area contributed by atoms with Crippen molar-refractivity contribution in [2.45, 2.75) is 193 Å². The Hall–Kier alpha value is -1.80. The van der Waals surface area contributed by atoms with Crippen LogP contribution in [0.15, 0.2) is 60.8 Å². The Morgan fingerprint density at radius 1 is 0.607 bits per heavy atom. The number of nitrogens with one attached hydrogen (secondary N) is 1. The number of carbonyl (C=O) groups is 1. The maximum atomic E-state index is 12.8. The molecule has 9 heteroatoms. The highest BCUT2D eigenvalue weighted by atomic mass is 31.2. The van der Waals surface area contributed by atoms with Crippen LogP contribution in [-0.2, 0) is 18.4 Å². The van der Waals surface area contributed by atoms with E-state index in [0.717, 1.165) is 70.6 Å². The number of rotatable bonds is 40. The van der Waals surface area contributed by atoms with Crippen molar-refractivity contribution in [3.63, 3.8) is 0 Å². The number of hydrogen-bond acceptors (Lipinski definition) is 5. The standard InChI is InChI=1S/C47H87N2O6P/c1-6-8-10-12-14-16-18-20-22-23-24-25-26-27-28-30-32-34-36-38-40-46(50)45(44-55-56(52,53)54-43-42-49(3,4)5)48-47(51)41-39-37-35-33-31-29-21-19-17-15-13-11-9-7-2/h13,15,19,21,25-26,30,32,38,40,45-46,50H,6-12,14,16-18,20,22-24,27-29,31,33-37,39,41-44H2,1-5H3,(H-,48,51,52,53)/p+1/b15-13-,21-19-,26-25+,32-30+,40-38+. The van der Waals surface area contributed by atoms with Gasteiger partial charge >= 0.3 is 7.82 Å². The van der Waals surface area contributed by atoms with E-state index in [-0.39, 0.29) is 19.1 Å². The monoisotopic (exact) mass is 808 g/mol. The summed E-state index contributed by atoms with van der Waals surface area (Å²) in [7, 11) is 1.53. The fraction of sp³-hybridized carbons (Fsp3) is 0.766. The van der Waals surface area contributed by atoms with Crippen molar-refractivity contribution < 1.29 is 32.9 Å². The lowest BCUT2D eigenvalue weighted by Gasteiger charge is -2.25. The minimum atomic E-state index is -4.35. The van der Waals surface area contributed by atoms with Gasteiger partial charge in [0.1, 0.15) is 13.2 Å². The van der Waals surface area contributed by atoms with E-state index >= 15 is 0 Å². The predicted octanol–water partition coefficient (Wildman–Crippen LogP) is 12.6. The third-order valence-corrected chi connectivity index (χ3v) is 10.7. The molecule has 56 heavy (non-hydrogen) atoms. The Bertz CT molecular complexity index is 1100. The van der Waals surface area contributed by atoms with Crippen LogP contribution in [-0.4, -0.2) is 73.4 Å². The molecule has 3 unspecified atom stereocenters. The van der Waals surface area contributed by atoms with Crippen LogP contribution in [0.4, 0.5) is 0 Å². The Balaban J connectivity index is 4.52. The van der Waals surface area contributed by atoms with Gasteiger partial charge in [0.15, 0.2) is 0 Å². The second-order valence-electron chi connectivity index (χ2n) is 16.4. The number of aliphatic hydroxyl groups excluding tert-OH is 1. The summed E-state index contributed by atoms with van der Waals surface area (Å²) in [5.74, 6) is -0.208. The lowest BCUT2D eigenvalue weighted by atomic mass is 10.1. The molecule has 0 bridgehead atoms. The van der Waals surface area contributed by atoms with E-state index in [2.05, 4.69) is 67.8 Å². The summed E-state index contributed by atoms with van der Waals surface area (Å²) in [4.78, 5) is 23.1. The van der Waals surface area contributed by atoms with E-state index in [1.807, 2.05) is 27.2 Å². The quantitative estimate of drug-likeness (QED) is 0.0246. The molecule has 0 spiro atoms. The van der Waals surface area contributed by atoms with Gasteiger partial charge in [-0.1, -0.05) is 164 Å². The molecule has 1 amide bonds. The highest BCUT2D eigenvalue weighted by molar-refractivity contribution is 7.47. The molecule has 0 heterocycles. The number of aliphatic hydroxyl groups is 1. The highest BCUT2D eigenvalue weighted by Gasteiger charge is 2.27. The number of quaternary nitrogens is 1. The first-order valence-corrected chi connectivity index (χ1v) is 24.2. The number of nitrogens with zero attached hydrogens (tertiary/aromatic N) is 1. The Morgan fingerprint density at radius 3 is 1.59 bits per heavy atom. The zero-order chi connectivity index (χ0) is 41.4. The molecule has 8 nitrogen and oxygen atoms in total. The number of carbonyl (C=O) groups excluding carboxylic acids is 1. The Labute approximate surface area is 345 Å². The third kappa shape index (κ3) is 40.4. The first kappa shape index (κ1) is 54.2. The molecule has 0 aliphatic heterocycles. The molecule has 3 N–H and O–H groups in total. The highest BCUT2D eigenvalue weighted by Crippen LogP contribution is 2.43. The maximum absolute atomic E-state index is 12.8. The Morgan fingerprint density at radius 2 is 1.05 bits per heavy atom. The van der Waals surface area contributed by atoms with Gasteiger partial charge < -0.3 is 19.8 Å². The molecular formula is C47H88N2O6P+. The molecular weight excluding hydrogens is 719 g/mol. The van der Waals surface area contributed by atoms with Gasteiger partial charge in [-0.2, -0.15) is 0 Å². The van der Waals surface area contributed by atoms with Crippen LogP contribution in [0.3, 0.4) is 0 Å². The molecule has 0 aromatic carbocycles. The third-order valence-electron chi connectivity index (χ3n) is 9.69. The molecule has 0 aliphatic carbocycles. The molecule has 326 valence electrons. The number of likely N-dealkylation sites (N-methyl/N-ethyl adjacent to an activating group) is 1. The number of amides is 1. The zero-order valence-electron chi connectivity index (χ0n) is 36.9. The summed E-state index contributed by atoms with van der Waals surface area (Å²) in [6.07, 6.45) is 50.1. The van der Waals surface area contributed by atoms with Crippen LogP contribution < -0.4 is 5.32 Å². The van der Waals surface area contributed by atoms with Crippen molar-refractivity contribution in [2.24, 2.45) is 0 Å². The van der Waals surface area contributed by atoms with Crippen LogP contribution in [0.5, 0.6) is 0 Å². The lowest BCUT2D eigenvalue weighted by molar-refractivity contribution is -0.870. The average Bonchev–Trinajstić information content (AvgIpc) is 3.15. The second-order valence-corrected chi connectivity index (χ2v) is 17.9. The molecule has 0 aromatic heterocycles. The van der Waals surface area contributed by atoms with Crippen LogP contribution in [0.2, 0.25) is 0 Å². The van der Waals surface area contributed by atoms with Crippen molar-refractivity contribution in [3.05, 3.63) is 60.8 Å². The number of phosphoric acid groups is 1. The van der Waals surface area contributed by atoms with Gasteiger partial charge in [-0.15, -0.1) is 0 Å². The molecule has 0 saturated heterocycles. The summed E-state index contributed by atoms with van der Waals surface area (Å²) < 4.78 is 23.5. The predicted molar refractivity (Wildman–Crippen MR) is 240 cm³/mol. The van der Waals surface area contributed by atoms with E-state index < -0.39 is 20.0 Å². The number of hydrogen-bond donors (Lipinski definition) is 3. The minimum Gasteiger partial charge on any atom is -0.387 e. The van der Waals surface area contributed by atoms with Gasteiger partial charge in [-0.05, 0) is 70.6 Å². The van der Waals surface area contributed by atoms with Gasteiger partial charge in [-0.25, -0.2) is 4.57 Å². The fourth-order valence-electron chi connectivity index (χ4n) is 6.03. The number of unbranched alkanes of at least 4 members (excludes halogenated alkanes) is 19. The summed E-state index contributed by atoms with van der Waals surface area (Å²) in [5.41, 5.74) is 0. The van der Waals surface area contributed by atoms with E-state index in [9.17, 15) is 19.4 Å². The summed E-state index contributed by atoms with van der Waals surface area (Å²) >= 11 is 0. The maximum Gasteiger partial charge on any atom is 0.472 e. The topological polar surface area (TPSA) is 105 Å². The van der Waals surface area contributed by atoms with Crippen LogP contribution >= 0.6 is 7.82 Å². The summed E-state index contributed by atoms with van der Waals surface area (Å²) in [5, 5.41) is 13.8. The van der Waals surface area contributed by atoms with Crippen molar-refractivity contribution in [2.75, 3.05) is 40.9 Å². The first-order valence-electron chi connectivity index (χ1n) is 22.7. The second kappa shape index (κ2) is 38.7. The summed E-state index contributed by atoms with van der Waals surface area (Å²) in [6.45, 7) is 4.72. The van der Waals surface area contributed by atoms with E-state index in [4.69, 9.17) is 9.05 Å². The van der Waals surface area contributed by atoms with Crippen LogP contribution in [0, 0.1) is 0 Å². The van der Waals surface area contributed by atoms with Gasteiger partial charge in [0.05, 0.1) is 39.9 Å². The molecule has 0 aromatic rings. The van der Waals surface area contributed by atoms with Crippen LogP contribution in [0.25, 0.3) is 0 Å². The molecule has 0 rings (SSSR count). The molecule has 3 atom stereocenters. The van der Waals surface area contributed by atoms with Crippen molar-refractivity contribution >= 4 is 13.7 Å². The van der Waals surface area contributed by atoms with Crippen molar-refractivity contribution in [1.29, 1.82) is 0 Å². The number of allylic oxidation sites excluding steroid dienone is 9. The SMILES string of the molecule is CCCC/C=C\C/C=C\CCCCCCCC(=O)NC(COP(=O)(O)OCC[N+](C)(C)C)C(O)/C=C/CC/C=C/CC/C=C/CCCCCCCCCCCC. The molecule has 0 aliphatic rings. The van der Waals surface area contributed by atoms with Gasteiger partial charge in [0.2, 0.25) is 5.91 Å². The van der Waals surface area contributed by atoms with E-state index in [1.165, 1.54) is 89.9 Å². The van der Waals surface area contributed by atoms with E-state index in [1.54, 1.807) is 6.08 Å². The zero-order valence-corrected chi connectivity index (χ0v) is 37.8.